The van der Waals surface area contributed by atoms with E-state index >= 15 is 0 Å². The van der Waals surface area contributed by atoms with E-state index in [1.165, 1.54) is 31.7 Å². The number of hydrogen-bond acceptors (Lipinski definition) is 5. The molecular weight excluding hydrogens is 363 g/mol. The molecule has 1 aromatic carbocycles. The average molecular weight is 384 g/mol. The highest BCUT2D eigenvalue weighted by atomic mass is 32.2. The molecule has 1 aliphatic rings. The van der Waals surface area contributed by atoms with Crippen molar-refractivity contribution in [2.75, 3.05) is 0 Å². The van der Waals surface area contributed by atoms with Crippen molar-refractivity contribution in [3.8, 4) is 11.4 Å². The van der Waals surface area contributed by atoms with Crippen LogP contribution in [0, 0.1) is 12.7 Å². The van der Waals surface area contributed by atoms with Gasteiger partial charge in [0.15, 0.2) is 11.0 Å². The number of nitrogens with zero attached hydrogens (tertiary/aromatic N) is 4. The number of thioether (sulfide) groups is 1. The Labute approximate surface area is 162 Å². The SMILES string of the molecule is Cc1cc(OCc2nnc(SC3CCCC3)n2-c2cccnc2)ccc1F. The highest BCUT2D eigenvalue weighted by Gasteiger charge is 2.22. The summed E-state index contributed by atoms with van der Waals surface area (Å²) in [7, 11) is 0. The van der Waals surface area contributed by atoms with Gasteiger partial charge in [0, 0.05) is 11.4 Å². The van der Waals surface area contributed by atoms with Gasteiger partial charge in [0.1, 0.15) is 18.2 Å². The maximum absolute atomic E-state index is 13.5. The topological polar surface area (TPSA) is 52.8 Å². The quantitative estimate of drug-likeness (QED) is 0.615. The molecule has 27 heavy (non-hydrogen) atoms. The summed E-state index contributed by atoms with van der Waals surface area (Å²) >= 11 is 1.78. The maximum atomic E-state index is 13.5. The summed E-state index contributed by atoms with van der Waals surface area (Å²) in [5, 5.41) is 10.2. The molecule has 1 fully saturated rings. The van der Waals surface area contributed by atoms with Crippen LogP contribution in [0.4, 0.5) is 4.39 Å². The Morgan fingerprint density at radius 2 is 2.07 bits per heavy atom. The summed E-state index contributed by atoms with van der Waals surface area (Å²) < 4.78 is 21.3. The Balaban J connectivity index is 1.59. The van der Waals surface area contributed by atoms with Crippen molar-refractivity contribution < 1.29 is 9.13 Å². The molecule has 0 amide bonds. The van der Waals surface area contributed by atoms with E-state index in [1.807, 2.05) is 16.7 Å². The van der Waals surface area contributed by atoms with E-state index in [2.05, 4.69) is 15.2 Å². The molecule has 0 saturated heterocycles. The average Bonchev–Trinajstić information content (AvgIpc) is 3.34. The molecule has 3 aromatic rings. The number of aromatic nitrogens is 4. The molecule has 0 N–H and O–H groups in total. The predicted molar refractivity (Wildman–Crippen MR) is 103 cm³/mol. The van der Waals surface area contributed by atoms with Crippen LogP contribution in [-0.2, 0) is 6.61 Å². The molecule has 0 spiro atoms. The summed E-state index contributed by atoms with van der Waals surface area (Å²) in [6.45, 7) is 1.97. The molecule has 0 aliphatic heterocycles. The lowest BCUT2D eigenvalue weighted by Gasteiger charge is -2.13. The van der Waals surface area contributed by atoms with Crippen molar-refractivity contribution in [2.45, 2.75) is 49.6 Å². The number of aryl methyl sites for hydroxylation is 1. The number of halogens is 1. The standard InChI is InChI=1S/C20H21FN4OS/c1-14-11-16(8-9-18(14)21)26-13-19-23-24-20(27-17-6-2-3-7-17)25(19)15-5-4-10-22-12-15/h4-5,8-12,17H,2-3,6-7,13H2,1H3. The van der Waals surface area contributed by atoms with Gasteiger partial charge < -0.3 is 4.74 Å². The zero-order valence-electron chi connectivity index (χ0n) is 15.1. The first-order valence-corrected chi connectivity index (χ1v) is 9.99. The minimum Gasteiger partial charge on any atom is -0.486 e. The van der Waals surface area contributed by atoms with Gasteiger partial charge in [0.2, 0.25) is 0 Å². The Morgan fingerprint density at radius 3 is 2.81 bits per heavy atom. The van der Waals surface area contributed by atoms with Crippen molar-refractivity contribution in [3.63, 3.8) is 0 Å². The van der Waals surface area contributed by atoms with Gasteiger partial charge in [-0.25, -0.2) is 4.39 Å². The van der Waals surface area contributed by atoms with Crippen LogP contribution in [0.3, 0.4) is 0 Å². The van der Waals surface area contributed by atoms with Gasteiger partial charge in [-0.3, -0.25) is 9.55 Å². The molecule has 0 atom stereocenters. The van der Waals surface area contributed by atoms with Crippen molar-refractivity contribution in [1.29, 1.82) is 0 Å². The molecule has 7 heteroatoms. The fraction of sp³-hybridized carbons (Fsp3) is 0.350. The predicted octanol–water partition coefficient (Wildman–Crippen LogP) is 4.72. The van der Waals surface area contributed by atoms with E-state index in [0.29, 0.717) is 22.4 Å². The van der Waals surface area contributed by atoms with Gasteiger partial charge >= 0.3 is 0 Å². The van der Waals surface area contributed by atoms with Gasteiger partial charge in [0.05, 0.1) is 11.9 Å². The Bertz CT molecular complexity index is 910. The van der Waals surface area contributed by atoms with Crippen LogP contribution in [0.25, 0.3) is 5.69 Å². The van der Waals surface area contributed by atoms with Crippen molar-refractivity contribution in [1.82, 2.24) is 19.7 Å². The molecule has 0 unspecified atom stereocenters. The monoisotopic (exact) mass is 384 g/mol. The zero-order valence-corrected chi connectivity index (χ0v) is 16.0. The van der Waals surface area contributed by atoms with Crippen LogP contribution in [0.2, 0.25) is 0 Å². The lowest BCUT2D eigenvalue weighted by Crippen LogP contribution is -2.08. The van der Waals surface area contributed by atoms with Gasteiger partial charge in [-0.2, -0.15) is 0 Å². The van der Waals surface area contributed by atoms with Gasteiger partial charge in [-0.05, 0) is 55.7 Å². The molecule has 2 aromatic heterocycles. The number of pyridine rings is 1. The van der Waals surface area contributed by atoms with Crippen molar-refractivity contribution in [2.24, 2.45) is 0 Å². The molecule has 5 nitrogen and oxygen atoms in total. The van der Waals surface area contributed by atoms with E-state index in [1.54, 1.807) is 43.2 Å². The van der Waals surface area contributed by atoms with E-state index in [0.717, 1.165) is 10.8 Å². The minimum absolute atomic E-state index is 0.240. The summed E-state index contributed by atoms with van der Waals surface area (Å²) in [6, 6.07) is 8.61. The number of hydrogen-bond donors (Lipinski definition) is 0. The zero-order chi connectivity index (χ0) is 18.6. The summed E-state index contributed by atoms with van der Waals surface area (Å²) in [4.78, 5) is 4.23. The first kappa shape index (κ1) is 18.0. The summed E-state index contributed by atoms with van der Waals surface area (Å²) in [6.07, 6.45) is 8.52. The molecule has 140 valence electrons. The third-order valence-electron chi connectivity index (χ3n) is 4.68. The summed E-state index contributed by atoms with van der Waals surface area (Å²) in [5.41, 5.74) is 1.47. The molecule has 1 saturated carbocycles. The second-order valence-electron chi connectivity index (χ2n) is 6.67. The molecule has 0 bridgehead atoms. The lowest BCUT2D eigenvalue weighted by molar-refractivity contribution is 0.292. The second kappa shape index (κ2) is 8.08. The Hall–Kier alpha value is -2.41. The highest BCUT2D eigenvalue weighted by Crippen LogP contribution is 2.35. The van der Waals surface area contributed by atoms with E-state index in [4.69, 9.17) is 4.74 Å². The van der Waals surface area contributed by atoms with Crippen LogP contribution in [0.1, 0.15) is 37.1 Å². The fourth-order valence-corrected chi connectivity index (χ4v) is 4.50. The third kappa shape index (κ3) is 4.13. The molecule has 4 rings (SSSR count). The normalized spacial score (nSPS) is 14.6. The Morgan fingerprint density at radius 1 is 1.22 bits per heavy atom. The largest absolute Gasteiger partial charge is 0.486 e. The number of ether oxygens (including phenoxy) is 1. The summed E-state index contributed by atoms with van der Waals surface area (Å²) in [5.74, 6) is 1.07. The van der Waals surface area contributed by atoms with Crippen LogP contribution in [0.5, 0.6) is 5.75 Å². The molecule has 2 heterocycles. The van der Waals surface area contributed by atoms with Crippen LogP contribution >= 0.6 is 11.8 Å². The lowest BCUT2D eigenvalue weighted by atomic mass is 10.2. The molecular formula is C20H21FN4OS. The van der Waals surface area contributed by atoms with Gasteiger partial charge in [-0.1, -0.05) is 24.6 Å². The number of benzene rings is 1. The molecule has 0 radical (unpaired) electrons. The number of rotatable bonds is 6. The minimum atomic E-state index is -0.240. The van der Waals surface area contributed by atoms with Gasteiger partial charge in [0.25, 0.3) is 0 Å². The fourth-order valence-electron chi connectivity index (χ4n) is 3.23. The van der Waals surface area contributed by atoms with E-state index in [9.17, 15) is 4.39 Å². The second-order valence-corrected chi connectivity index (χ2v) is 7.94. The molecule has 1 aliphatic carbocycles. The first-order chi connectivity index (χ1) is 13.2. The van der Waals surface area contributed by atoms with E-state index in [-0.39, 0.29) is 12.4 Å². The third-order valence-corrected chi connectivity index (χ3v) is 5.96. The van der Waals surface area contributed by atoms with Crippen molar-refractivity contribution >= 4 is 11.8 Å². The highest BCUT2D eigenvalue weighted by molar-refractivity contribution is 7.99. The van der Waals surface area contributed by atoms with Crippen LogP contribution in [-0.4, -0.2) is 25.0 Å². The first-order valence-electron chi connectivity index (χ1n) is 9.11. The maximum Gasteiger partial charge on any atom is 0.196 e. The van der Waals surface area contributed by atoms with Crippen molar-refractivity contribution in [3.05, 3.63) is 59.9 Å². The van der Waals surface area contributed by atoms with Crippen LogP contribution in [0.15, 0.2) is 47.9 Å². The van der Waals surface area contributed by atoms with E-state index < -0.39 is 0 Å². The van der Waals surface area contributed by atoms with Gasteiger partial charge in [-0.15, -0.1) is 10.2 Å². The van der Waals surface area contributed by atoms with Crippen LogP contribution < -0.4 is 4.74 Å². The Kier molecular flexibility index (Phi) is 5.38. The smallest absolute Gasteiger partial charge is 0.196 e.